The lowest BCUT2D eigenvalue weighted by Gasteiger charge is -2.28. The fraction of sp³-hybridized carbons (Fsp3) is 0.333. The Morgan fingerprint density at radius 2 is 2.19 bits per heavy atom. The van der Waals surface area contributed by atoms with Crippen LogP contribution in [0.5, 0.6) is 0 Å². The van der Waals surface area contributed by atoms with Crippen LogP contribution in [-0.2, 0) is 10.0 Å². The molecule has 1 aliphatic heterocycles. The summed E-state index contributed by atoms with van der Waals surface area (Å²) in [5.74, 6) is 0. The van der Waals surface area contributed by atoms with Gasteiger partial charge in [0.05, 0.1) is 5.39 Å². The van der Waals surface area contributed by atoms with E-state index in [0.717, 1.165) is 6.42 Å². The topological polar surface area (TPSA) is 79.0 Å². The van der Waals surface area contributed by atoms with Gasteiger partial charge in [0.2, 0.25) is 0 Å². The molecule has 1 fully saturated rings. The van der Waals surface area contributed by atoms with Gasteiger partial charge in [-0.3, -0.25) is 5.10 Å². The lowest BCUT2D eigenvalue weighted by Crippen LogP contribution is -2.42. The smallest absolute Gasteiger partial charge is 0.260 e. The number of sulfonamides is 1. The number of rotatable bonds is 2. The molecule has 84 valence electrons. The molecule has 0 unspecified atom stereocenters. The minimum absolute atomic E-state index is 0.148. The number of aromatic amines is 1. The number of nitrogens with one attached hydrogen (secondary N) is 1. The van der Waals surface area contributed by atoms with Crippen LogP contribution in [0.1, 0.15) is 6.42 Å². The van der Waals surface area contributed by atoms with Gasteiger partial charge >= 0.3 is 0 Å². The summed E-state index contributed by atoms with van der Waals surface area (Å²) in [6.45, 7) is 1.17. The molecule has 0 amide bonds. The van der Waals surface area contributed by atoms with Crippen molar-refractivity contribution >= 4 is 21.1 Å². The minimum atomic E-state index is -3.41. The van der Waals surface area contributed by atoms with Crippen molar-refractivity contribution in [3.05, 3.63) is 18.3 Å². The molecule has 1 aliphatic rings. The first-order valence-electron chi connectivity index (χ1n) is 4.99. The monoisotopic (exact) mass is 238 g/mol. The maximum absolute atomic E-state index is 12.1. The second-order valence-corrected chi connectivity index (χ2v) is 5.56. The van der Waals surface area contributed by atoms with Crippen LogP contribution in [0.3, 0.4) is 0 Å². The third-order valence-electron chi connectivity index (χ3n) is 2.71. The van der Waals surface area contributed by atoms with E-state index in [2.05, 4.69) is 15.2 Å². The van der Waals surface area contributed by atoms with Crippen molar-refractivity contribution in [3.63, 3.8) is 0 Å². The SMILES string of the molecule is O=S(=O)(c1[nH]nc2ncccc12)N1CCC1. The van der Waals surface area contributed by atoms with Gasteiger partial charge in [0, 0.05) is 19.3 Å². The van der Waals surface area contributed by atoms with Crippen LogP contribution in [0.25, 0.3) is 11.0 Å². The maximum atomic E-state index is 12.1. The summed E-state index contributed by atoms with van der Waals surface area (Å²) in [4.78, 5) is 3.99. The van der Waals surface area contributed by atoms with E-state index in [1.54, 1.807) is 18.3 Å². The van der Waals surface area contributed by atoms with E-state index in [4.69, 9.17) is 0 Å². The molecule has 0 atom stereocenters. The molecule has 1 N–H and O–H groups in total. The van der Waals surface area contributed by atoms with Crippen molar-refractivity contribution in [1.29, 1.82) is 0 Å². The summed E-state index contributed by atoms with van der Waals surface area (Å²) in [7, 11) is -3.41. The van der Waals surface area contributed by atoms with Crippen molar-refractivity contribution in [2.75, 3.05) is 13.1 Å². The van der Waals surface area contributed by atoms with E-state index in [0.29, 0.717) is 24.1 Å². The Bertz CT molecular complexity index is 630. The zero-order chi connectivity index (χ0) is 11.2. The van der Waals surface area contributed by atoms with Gasteiger partial charge in [-0.25, -0.2) is 13.4 Å². The molecule has 2 aromatic rings. The molecule has 0 aliphatic carbocycles. The second-order valence-electron chi connectivity index (χ2n) is 3.68. The number of fused-ring (bicyclic) bond motifs is 1. The molecule has 0 aromatic carbocycles. The normalized spacial score (nSPS) is 17.5. The molecule has 3 rings (SSSR count). The molecule has 7 heteroatoms. The first-order valence-corrected chi connectivity index (χ1v) is 6.43. The van der Waals surface area contributed by atoms with Crippen LogP contribution in [0.4, 0.5) is 0 Å². The summed E-state index contributed by atoms with van der Waals surface area (Å²) in [6, 6.07) is 3.41. The Morgan fingerprint density at radius 3 is 2.88 bits per heavy atom. The molecular formula is C9H10N4O2S. The average molecular weight is 238 g/mol. The van der Waals surface area contributed by atoms with Crippen molar-refractivity contribution in [1.82, 2.24) is 19.5 Å². The number of aromatic nitrogens is 3. The maximum Gasteiger partial charge on any atom is 0.260 e. The van der Waals surface area contributed by atoms with Gasteiger partial charge in [0.1, 0.15) is 0 Å². The van der Waals surface area contributed by atoms with E-state index < -0.39 is 10.0 Å². The van der Waals surface area contributed by atoms with Crippen molar-refractivity contribution in [2.45, 2.75) is 11.4 Å². The fourth-order valence-electron chi connectivity index (χ4n) is 1.68. The molecule has 0 radical (unpaired) electrons. The van der Waals surface area contributed by atoms with Gasteiger partial charge in [0.15, 0.2) is 10.7 Å². The van der Waals surface area contributed by atoms with Gasteiger partial charge in [-0.2, -0.15) is 9.40 Å². The molecule has 0 saturated carbocycles. The van der Waals surface area contributed by atoms with Crippen molar-refractivity contribution < 1.29 is 8.42 Å². The fourth-order valence-corrected chi connectivity index (χ4v) is 3.28. The van der Waals surface area contributed by atoms with E-state index >= 15 is 0 Å². The Hall–Kier alpha value is -1.47. The number of hydrogen-bond donors (Lipinski definition) is 1. The first kappa shape index (κ1) is 9.73. The van der Waals surface area contributed by atoms with Crippen LogP contribution in [0.2, 0.25) is 0 Å². The van der Waals surface area contributed by atoms with E-state index in [1.807, 2.05) is 0 Å². The number of H-pyrrole nitrogens is 1. The van der Waals surface area contributed by atoms with Crippen molar-refractivity contribution in [3.8, 4) is 0 Å². The summed E-state index contributed by atoms with van der Waals surface area (Å²) >= 11 is 0. The van der Waals surface area contributed by atoms with E-state index in [9.17, 15) is 8.42 Å². The number of hydrogen-bond acceptors (Lipinski definition) is 4. The highest BCUT2D eigenvalue weighted by molar-refractivity contribution is 7.89. The summed E-state index contributed by atoms with van der Waals surface area (Å²) in [5, 5.41) is 7.14. The van der Waals surface area contributed by atoms with Crippen LogP contribution < -0.4 is 0 Å². The molecular weight excluding hydrogens is 228 g/mol. The summed E-state index contributed by atoms with van der Waals surface area (Å²) in [6.07, 6.45) is 2.51. The van der Waals surface area contributed by atoms with Gasteiger partial charge in [-0.05, 0) is 18.6 Å². The van der Waals surface area contributed by atoms with Gasteiger partial charge < -0.3 is 0 Å². The first-order chi connectivity index (χ1) is 7.69. The molecule has 16 heavy (non-hydrogen) atoms. The number of pyridine rings is 1. The zero-order valence-corrected chi connectivity index (χ0v) is 9.24. The average Bonchev–Trinajstić information content (AvgIpc) is 2.57. The number of nitrogens with zero attached hydrogens (tertiary/aromatic N) is 3. The Labute approximate surface area is 92.3 Å². The largest absolute Gasteiger partial charge is 0.263 e. The highest BCUT2D eigenvalue weighted by atomic mass is 32.2. The second kappa shape index (κ2) is 3.26. The summed E-state index contributed by atoms with van der Waals surface area (Å²) in [5.41, 5.74) is 0.432. The minimum Gasteiger partial charge on any atom is -0.263 e. The van der Waals surface area contributed by atoms with Crippen LogP contribution in [0.15, 0.2) is 23.4 Å². The third-order valence-corrected chi connectivity index (χ3v) is 4.58. The van der Waals surface area contributed by atoms with Crippen LogP contribution >= 0.6 is 0 Å². The molecule has 2 aromatic heterocycles. The third kappa shape index (κ3) is 1.25. The highest BCUT2D eigenvalue weighted by Gasteiger charge is 2.32. The lowest BCUT2D eigenvalue weighted by atomic mass is 10.3. The van der Waals surface area contributed by atoms with Gasteiger partial charge in [-0.1, -0.05) is 0 Å². The summed E-state index contributed by atoms with van der Waals surface area (Å²) < 4.78 is 25.7. The van der Waals surface area contributed by atoms with E-state index in [1.165, 1.54) is 4.31 Å². The molecule has 0 spiro atoms. The molecule has 0 bridgehead atoms. The Kier molecular flexibility index (Phi) is 1.98. The Morgan fingerprint density at radius 1 is 1.38 bits per heavy atom. The quantitative estimate of drug-likeness (QED) is 0.819. The molecule has 1 saturated heterocycles. The van der Waals surface area contributed by atoms with Gasteiger partial charge in [0.25, 0.3) is 10.0 Å². The van der Waals surface area contributed by atoms with Crippen LogP contribution in [-0.4, -0.2) is 41.0 Å². The predicted molar refractivity (Wildman–Crippen MR) is 57.3 cm³/mol. The predicted octanol–water partition coefficient (Wildman–Crippen LogP) is 0.352. The Balaban J connectivity index is 2.19. The lowest BCUT2D eigenvalue weighted by molar-refractivity contribution is 0.308. The van der Waals surface area contributed by atoms with Crippen molar-refractivity contribution in [2.24, 2.45) is 0 Å². The zero-order valence-electron chi connectivity index (χ0n) is 8.42. The van der Waals surface area contributed by atoms with E-state index in [-0.39, 0.29) is 5.03 Å². The standard InChI is InChI=1S/C9H10N4O2S/c14-16(15,13-5-2-6-13)9-7-3-1-4-10-8(7)11-12-9/h1,3-4H,2,5-6H2,(H,10,11,12). The van der Waals surface area contributed by atoms with Gasteiger partial charge in [-0.15, -0.1) is 0 Å². The van der Waals surface area contributed by atoms with Crippen LogP contribution in [0, 0.1) is 0 Å². The molecule has 3 heterocycles. The highest BCUT2D eigenvalue weighted by Crippen LogP contribution is 2.24. The molecule has 6 nitrogen and oxygen atoms in total.